The van der Waals surface area contributed by atoms with Crippen molar-refractivity contribution in [2.24, 2.45) is 0 Å². The molecule has 0 saturated heterocycles. The number of rotatable bonds is 5. The van der Waals surface area contributed by atoms with E-state index >= 15 is 0 Å². The number of aromatic amines is 1. The maximum Gasteiger partial charge on any atom is 0.274 e. The van der Waals surface area contributed by atoms with Gasteiger partial charge in [0.15, 0.2) is 5.69 Å². The molecule has 6 heteroatoms. The van der Waals surface area contributed by atoms with Gasteiger partial charge in [0.2, 0.25) is 0 Å². The summed E-state index contributed by atoms with van der Waals surface area (Å²) < 4.78 is 0. The van der Waals surface area contributed by atoms with Crippen LogP contribution in [0.3, 0.4) is 0 Å². The van der Waals surface area contributed by atoms with Crippen LogP contribution in [0.2, 0.25) is 0 Å². The van der Waals surface area contributed by atoms with E-state index in [1.165, 1.54) is 0 Å². The summed E-state index contributed by atoms with van der Waals surface area (Å²) in [5.41, 5.74) is 1.25. The molecule has 1 atom stereocenters. The van der Waals surface area contributed by atoms with Gasteiger partial charge in [0.25, 0.3) is 5.91 Å². The van der Waals surface area contributed by atoms with Crippen molar-refractivity contribution in [2.45, 2.75) is 19.4 Å². The summed E-state index contributed by atoms with van der Waals surface area (Å²) in [4.78, 5) is 14.7. The molecule has 0 aliphatic carbocycles. The van der Waals surface area contributed by atoms with Gasteiger partial charge in [0.05, 0.1) is 16.7 Å². The Morgan fingerprint density at radius 1 is 1.63 bits per heavy atom. The van der Waals surface area contributed by atoms with E-state index in [1.54, 1.807) is 36.3 Å². The van der Waals surface area contributed by atoms with Gasteiger partial charge >= 0.3 is 0 Å². The number of hydrogen-bond acceptors (Lipinski definition) is 4. The number of carbonyl (C=O) groups excluding carboxylic acids is 1. The van der Waals surface area contributed by atoms with Gasteiger partial charge in [-0.1, -0.05) is 6.07 Å². The molecule has 2 aromatic rings. The average Bonchev–Trinajstić information content (AvgIpc) is 3.04. The third-order valence-corrected chi connectivity index (χ3v) is 3.72. The lowest BCUT2D eigenvalue weighted by Gasteiger charge is -2.16. The van der Waals surface area contributed by atoms with Crippen molar-refractivity contribution in [3.05, 3.63) is 29.3 Å². The second kappa shape index (κ2) is 5.99. The molecule has 2 N–H and O–H groups in total. The second-order valence-corrected chi connectivity index (χ2v) is 5.46. The fraction of sp³-hybridized carbons (Fsp3) is 0.385. The molecular weight excluding hydrogens is 262 g/mol. The van der Waals surface area contributed by atoms with Crippen LogP contribution in [-0.2, 0) is 0 Å². The molecule has 2 heterocycles. The molecule has 0 aliphatic rings. The van der Waals surface area contributed by atoms with Crippen molar-refractivity contribution in [3.8, 4) is 10.6 Å². The molecule has 0 bridgehead atoms. The van der Waals surface area contributed by atoms with Crippen LogP contribution in [0.4, 0.5) is 0 Å². The highest BCUT2D eigenvalue weighted by Crippen LogP contribution is 2.23. The van der Waals surface area contributed by atoms with Gasteiger partial charge in [0, 0.05) is 13.6 Å². The quantitative estimate of drug-likeness (QED) is 0.879. The van der Waals surface area contributed by atoms with Crippen molar-refractivity contribution >= 4 is 17.2 Å². The molecule has 1 unspecified atom stereocenters. The molecule has 2 rings (SSSR count). The number of aliphatic hydroxyl groups is 1. The van der Waals surface area contributed by atoms with Crippen molar-refractivity contribution in [3.63, 3.8) is 0 Å². The Labute approximate surface area is 115 Å². The summed E-state index contributed by atoms with van der Waals surface area (Å²) in [5, 5.41) is 18.1. The van der Waals surface area contributed by atoms with Crippen LogP contribution < -0.4 is 0 Å². The molecule has 0 spiro atoms. The number of H-pyrrole nitrogens is 1. The van der Waals surface area contributed by atoms with E-state index in [4.69, 9.17) is 0 Å². The first-order chi connectivity index (χ1) is 9.08. The van der Waals surface area contributed by atoms with E-state index in [0.717, 1.165) is 10.6 Å². The summed E-state index contributed by atoms with van der Waals surface area (Å²) in [6, 6.07) is 5.69. The Balaban J connectivity index is 2.04. The predicted molar refractivity (Wildman–Crippen MR) is 75.2 cm³/mol. The van der Waals surface area contributed by atoms with Gasteiger partial charge in [0.1, 0.15) is 0 Å². The third kappa shape index (κ3) is 3.42. The lowest BCUT2D eigenvalue weighted by molar-refractivity contribution is 0.0763. The lowest BCUT2D eigenvalue weighted by Crippen LogP contribution is -2.29. The van der Waals surface area contributed by atoms with Crippen molar-refractivity contribution in [2.75, 3.05) is 13.6 Å². The number of hydrogen-bond donors (Lipinski definition) is 2. The number of thiophene rings is 1. The Bertz CT molecular complexity index is 534. The van der Waals surface area contributed by atoms with Crippen LogP contribution in [0.1, 0.15) is 23.8 Å². The largest absolute Gasteiger partial charge is 0.393 e. The summed E-state index contributed by atoms with van der Waals surface area (Å²) in [5.74, 6) is -0.139. The Hall–Kier alpha value is -1.66. The number of carbonyl (C=O) groups is 1. The van der Waals surface area contributed by atoms with Gasteiger partial charge in [-0.05, 0) is 30.9 Å². The van der Waals surface area contributed by atoms with Crippen molar-refractivity contribution in [1.82, 2.24) is 15.1 Å². The van der Waals surface area contributed by atoms with Crippen molar-refractivity contribution in [1.29, 1.82) is 0 Å². The molecule has 0 radical (unpaired) electrons. The van der Waals surface area contributed by atoms with Crippen LogP contribution in [0, 0.1) is 0 Å². The Morgan fingerprint density at radius 3 is 3.05 bits per heavy atom. The second-order valence-electron chi connectivity index (χ2n) is 4.51. The normalized spacial score (nSPS) is 12.4. The summed E-state index contributed by atoms with van der Waals surface area (Å²) in [6.45, 7) is 2.22. The minimum Gasteiger partial charge on any atom is -0.393 e. The fourth-order valence-corrected chi connectivity index (χ4v) is 2.36. The van der Waals surface area contributed by atoms with E-state index in [0.29, 0.717) is 18.7 Å². The molecule has 0 fully saturated rings. The van der Waals surface area contributed by atoms with Gasteiger partial charge in [-0.25, -0.2) is 0 Å². The van der Waals surface area contributed by atoms with Crippen LogP contribution in [0.5, 0.6) is 0 Å². The fourth-order valence-electron chi connectivity index (χ4n) is 1.67. The number of nitrogens with one attached hydrogen (secondary N) is 1. The summed E-state index contributed by atoms with van der Waals surface area (Å²) in [6.07, 6.45) is 0.154. The first-order valence-electron chi connectivity index (χ1n) is 6.10. The van der Waals surface area contributed by atoms with Crippen LogP contribution in [-0.4, -0.2) is 45.8 Å². The minimum atomic E-state index is -0.406. The molecule has 0 aliphatic heterocycles. The number of aromatic nitrogens is 2. The van der Waals surface area contributed by atoms with Crippen LogP contribution in [0.15, 0.2) is 23.6 Å². The molecule has 0 saturated carbocycles. The Kier molecular flexibility index (Phi) is 4.34. The van der Waals surface area contributed by atoms with E-state index in [2.05, 4.69) is 10.2 Å². The highest BCUT2D eigenvalue weighted by Gasteiger charge is 2.16. The molecular formula is C13H17N3O2S. The summed E-state index contributed by atoms with van der Waals surface area (Å²) >= 11 is 1.59. The highest BCUT2D eigenvalue weighted by atomic mass is 32.1. The van der Waals surface area contributed by atoms with E-state index in [9.17, 15) is 9.90 Å². The van der Waals surface area contributed by atoms with E-state index < -0.39 is 6.10 Å². The first kappa shape index (κ1) is 13.8. The third-order valence-electron chi connectivity index (χ3n) is 2.81. The number of amides is 1. The van der Waals surface area contributed by atoms with Gasteiger partial charge in [-0.3, -0.25) is 9.89 Å². The van der Waals surface area contributed by atoms with Gasteiger partial charge in [-0.2, -0.15) is 5.10 Å². The summed E-state index contributed by atoms with van der Waals surface area (Å²) in [7, 11) is 1.71. The number of aliphatic hydroxyl groups excluding tert-OH is 1. The molecule has 0 aromatic carbocycles. The topological polar surface area (TPSA) is 69.2 Å². The molecule has 19 heavy (non-hydrogen) atoms. The number of nitrogens with zero attached hydrogens (tertiary/aromatic N) is 2. The molecule has 5 nitrogen and oxygen atoms in total. The van der Waals surface area contributed by atoms with E-state index in [1.807, 2.05) is 17.5 Å². The average molecular weight is 279 g/mol. The maximum absolute atomic E-state index is 12.1. The van der Waals surface area contributed by atoms with E-state index in [-0.39, 0.29) is 5.91 Å². The lowest BCUT2D eigenvalue weighted by atomic mass is 10.2. The Morgan fingerprint density at radius 2 is 2.42 bits per heavy atom. The van der Waals surface area contributed by atoms with Crippen LogP contribution >= 0.6 is 11.3 Å². The zero-order valence-electron chi connectivity index (χ0n) is 11.0. The first-order valence-corrected chi connectivity index (χ1v) is 6.98. The minimum absolute atomic E-state index is 0.139. The molecule has 1 amide bonds. The zero-order valence-corrected chi connectivity index (χ0v) is 11.8. The molecule has 2 aromatic heterocycles. The SMILES string of the molecule is CC(O)CCN(C)C(=O)c1cc(-c2cccs2)[nH]n1. The van der Waals surface area contributed by atoms with Gasteiger partial charge in [-0.15, -0.1) is 11.3 Å². The van der Waals surface area contributed by atoms with Crippen molar-refractivity contribution < 1.29 is 9.90 Å². The predicted octanol–water partition coefficient (Wildman–Crippen LogP) is 1.98. The standard InChI is InChI=1S/C13H17N3O2S/c1-9(17)5-6-16(2)13(18)11-8-10(14-15-11)12-4-3-7-19-12/h3-4,7-9,17H,5-6H2,1-2H3,(H,14,15). The van der Waals surface area contributed by atoms with Gasteiger partial charge < -0.3 is 10.0 Å². The molecule has 102 valence electrons. The monoisotopic (exact) mass is 279 g/mol. The maximum atomic E-state index is 12.1. The zero-order chi connectivity index (χ0) is 13.8. The highest BCUT2D eigenvalue weighted by molar-refractivity contribution is 7.13. The smallest absolute Gasteiger partial charge is 0.274 e. The van der Waals surface area contributed by atoms with Crippen LogP contribution in [0.25, 0.3) is 10.6 Å².